The third-order valence-electron chi connectivity index (χ3n) is 7.11. The average molecular weight is 583 g/mol. The van der Waals surface area contributed by atoms with Gasteiger partial charge in [0, 0.05) is 31.6 Å². The summed E-state index contributed by atoms with van der Waals surface area (Å²) in [5.74, 6) is -0.194. The van der Waals surface area contributed by atoms with E-state index in [1.54, 1.807) is 18.2 Å². The van der Waals surface area contributed by atoms with Crippen LogP contribution in [0.15, 0.2) is 58.6 Å². The molecule has 2 fully saturated rings. The second-order valence-electron chi connectivity index (χ2n) is 9.65. The lowest BCUT2D eigenvalue weighted by Crippen LogP contribution is -2.40. The second kappa shape index (κ2) is 11.3. The van der Waals surface area contributed by atoms with Gasteiger partial charge in [0.15, 0.2) is 10.8 Å². The van der Waals surface area contributed by atoms with Crippen LogP contribution in [0.2, 0.25) is 0 Å². The van der Waals surface area contributed by atoms with Gasteiger partial charge in [0.2, 0.25) is 15.9 Å². The fourth-order valence-electron chi connectivity index (χ4n) is 5.08. The van der Waals surface area contributed by atoms with Crippen LogP contribution in [0.3, 0.4) is 0 Å². The molecule has 2 aliphatic rings. The number of rotatable bonds is 7. The number of anilines is 2. The molecule has 0 radical (unpaired) electrons. The Kier molecular flexibility index (Phi) is 7.64. The van der Waals surface area contributed by atoms with Crippen LogP contribution in [0.1, 0.15) is 5.56 Å². The van der Waals surface area contributed by atoms with Crippen LogP contribution in [-0.4, -0.2) is 91.6 Å². The predicted octanol–water partition coefficient (Wildman–Crippen LogP) is 2.78. The van der Waals surface area contributed by atoms with Gasteiger partial charge in [-0.05, 0) is 42.8 Å². The first kappa shape index (κ1) is 27.0. The maximum atomic E-state index is 13.4. The van der Waals surface area contributed by atoms with E-state index >= 15 is 0 Å². The van der Waals surface area contributed by atoms with Crippen molar-refractivity contribution in [2.24, 2.45) is 0 Å². The predicted molar refractivity (Wildman–Crippen MR) is 154 cm³/mol. The van der Waals surface area contributed by atoms with Gasteiger partial charge in [0.05, 0.1) is 54.0 Å². The molecule has 0 bridgehead atoms. The van der Waals surface area contributed by atoms with Crippen molar-refractivity contribution < 1.29 is 22.7 Å². The molecule has 40 heavy (non-hydrogen) atoms. The summed E-state index contributed by atoms with van der Waals surface area (Å²) in [5, 5.41) is 13.3. The van der Waals surface area contributed by atoms with E-state index < -0.39 is 10.0 Å². The highest BCUT2D eigenvalue weighted by molar-refractivity contribution is 7.99. The summed E-state index contributed by atoms with van der Waals surface area (Å²) in [7, 11) is -3.73. The standard InChI is InChI=1S/C27H30N6O5S2/c1-19-16-25-29-30-27(33(25)23-5-3-2-4-21(19)23)39-18-26(34)28-22-17-20(40(35,36)32-10-14-38-15-11-32)6-7-24(22)31-8-12-37-13-9-31/h2-7,16-17H,8-15,18H2,1H3,(H,28,34). The summed E-state index contributed by atoms with van der Waals surface area (Å²) >= 11 is 1.28. The van der Waals surface area contributed by atoms with E-state index in [1.165, 1.54) is 16.1 Å². The topological polar surface area (TPSA) is 118 Å². The van der Waals surface area contributed by atoms with Crippen molar-refractivity contribution in [2.45, 2.75) is 17.0 Å². The molecular weight excluding hydrogens is 552 g/mol. The van der Waals surface area contributed by atoms with Gasteiger partial charge in [-0.1, -0.05) is 30.0 Å². The largest absolute Gasteiger partial charge is 0.379 e. The first-order chi connectivity index (χ1) is 19.4. The number of morpholine rings is 2. The molecular formula is C27H30N6O5S2. The maximum absolute atomic E-state index is 13.4. The minimum Gasteiger partial charge on any atom is -0.379 e. The number of para-hydroxylation sites is 1. The molecule has 11 nitrogen and oxygen atoms in total. The third kappa shape index (κ3) is 5.27. The number of pyridine rings is 1. The van der Waals surface area contributed by atoms with Crippen LogP contribution in [0.4, 0.5) is 11.4 Å². The zero-order chi connectivity index (χ0) is 27.7. The highest BCUT2D eigenvalue weighted by atomic mass is 32.2. The van der Waals surface area contributed by atoms with Gasteiger partial charge in [-0.25, -0.2) is 8.42 Å². The Bertz CT molecular complexity index is 1660. The van der Waals surface area contributed by atoms with Crippen molar-refractivity contribution in [1.29, 1.82) is 0 Å². The third-order valence-corrected chi connectivity index (χ3v) is 9.93. The summed E-state index contributed by atoms with van der Waals surface area (Å²) in [6.45, 7) is 5.76. The van der Waals surface area contributed by atoms with Crippen molar-refractivity contribution in [1.82, 2.24) is 18.9 Å². The lowest BCUT2D eigenvalue weighted by Gasteiger charge is -2.31. The number of amides is 1. The van der Waals surface area contributed by atoms with Gasteiger partial charge >= 0.3 is 0 Å². The molecule has 2 aromatic heterocycles. The van der Waals surface area contributed by atoms with Crippen molar-refractivity contribution >= 4 is 55.6 Å². The van der Waals surface area contributed by atoms with E-state index in [0.717, 1.165) is 27.8 Å². The summed E-state index contributed by atoms with van der Waals surface area (Å²) in [4.78, 5) is 15.5. The first-order valence-corrected chi connectivity index (χ1v) is 15.6. The molecule has 4 aromatic rings. The van der Waals surface area contributed by atoms with Crippen molar-refractivity contribution in [2.75, 3.05) is 68.6 Å². The lowest BCUT2D eigenvalue weighted by molar-refractivity contribution is -0.113. The van der Waals surface area contributed by atoms with Crippen LogP contribution in [0.25, 0.3) is 16.6 Å². The Hall–Kier alpha value is -3.23. The van der Waals surface area contributed by atoms with Crippen LogP contribution in [0.5, 0.6) is 0 Å². The molecule has 0 unspecified atom stereocenters. The summed E-state index contributed by atoms with van der Waals surface area (Å²) in [6.07, 6.45) is 0. The number of aromatic nitrogens is 3. The molecule has 0 saturated carbocycles. The molecule has 0 spiro atoms. The summed E-state index contributed by atoms with van der Waals surface area (Å²) < 4.78 is 40.9. The van der Waals surface area contributed by atoms with Gasteiger partial charge in [-0.15, -0.1) is 10.2 Å². The molecule has 2 aliphatic heterocycles. The fourth-order valence-corrected chi connectivity index (χ4v) is 7.26. The van der Waals surface area contributed by atoms with Crippen molar-refractivity contribution in [3.63, 3.8) is 0 Å². The van der Waals surface area contributed by atoms with Gasteiger partial charge in [0.25, 0.3) is 0 Å². The van der Waals surface area contributed by atoms with E-state index in [-0.39, 0.29) is 16.6 Å². The Morgan fingerprint density at radius 3 is 2.48 bits per heavy atom. The van der Waals surface area contributed by atoms with Gasteiger partial charge in [0.1, 0.15) is 0 Å². The van der Waals surface area contributed by atoms with Crippen LogP contribution >= 0.6 is 11.8 Å². The highest BCUT2D eigenvalue weighted by Crippen LogP contribution is 2.32. The quantitative estimate of drug-likeness (QED) is 0.328. The Labute approximate surface area is 236 Å². The molecule has 0 atom stereocenters. The maximum Gasteiger partial charge on any atom is 0.243 e. The number of carbonyl (C=O) groups excluding carboxylic acids is 1. The van der Waals surface area contributed by atoms with Crippen molar-refractivity contribution in [3.05, 3.63) is 54.1 Å². The molecule has 6 rings (SSSR count). The summed E-state index contributed by atoms with van der Waals surface area (Å²) in [6, 6.07) is 14.9. The number of thioether (sulfide) groups is 1. The average Bonchev–Trinajstić information content (AvgIpc) is 3.40. The molecule has 2 saturated heterocycles. The molecule has 1 N–H and O–H groups in total. The number of nitrogens with one attached hydrogen (secondary N) is 1. The van der Waals surface area contributed by atoms with Gasteiger partial charge in [-0.2, -0.15) is 4.31 Å². The number of aryl methyl sites for hydroxylation is 1. The normalized spacial score (nSPS) is 17.0. The Morgan fingerprint density at radius 2 is 1.70 bits per heavy atom. The number of hydrogen-bond donors (Lipinski definition) is 1. The minimum atomic E-state index is -3.73. The van der Waals surface area contributed by atoms with E-state index in [0.29, 0.717) is 63.5 Å². The molecule has 2 aromatic carbocycles. The molecule has 4 heterocycles. The van der Waals surface area contributed by atoms with E-state index in [9.17, 15) is 13.2 Å². The molecule has 1 amide bonds. The SMILES string of the molecule is Cc1cc2nnc(SCC(=O)Nc3cc(S(=O)(=O)N4CCOCC4)ccc3N3CCOCC3)n2c2ccccc12. The van der Waals surface area contributed by atoms with E-state index in [1.807, 2.05) is 35.6 Å². The smallest absolute Gasteiger partial charge is 0.243 e. The zero-order valence-corrected chi connectivity index (χ0v) is 23.7. The fraction of sp³-hybridized carbons (Fsp3) is 0.370. The van der Waals surface area contributed by atoms with Crippen LogP contribution < -0.4 is 10.2 Å². The van der Waals surface area contributed by atoms with Crippen LogP contribution in [-0.2, 0) is 24.3 Å². The minimum absolute atomic E-state index is 0.0754. The number of hydrogen-bond acceptors (Lipinski definition) is 9. The number of nitrogens with zero attached hydrogens (tertiary/aromatic N) is 5. The molecule has 210 valence electrons. The first-order valence-electron chi connectivity index (χ1n) is 13.1. The molecule has 0 aliphatic carbocycles. The number of sulfonamides is 1. The second-order valence-corrected chi connectivity index (χ2v) is 12.5. The highest BCUT2D eigenvalue weighted by Gasteiger charge is 2.28. The zero-order valence-electron chi connectivity index (χ0n) is 22.1. The number of fused-ring (bicyclic) bond motifs is 3. The van der Waals surface area contributed by atoms with Gasteiger partial charge < -0.3 is 19.7 Å². The lowest BCUT2D eigenvalue weighted by atomic mass is 10.1. The Balaban J connectivity index is 1.26. The number of ether oxygens (including phenoxy) is 2. The van der Waals surface area contributed by atoms with Crippen molar-refractivity contribution in [3.8, 4) is 0 Å². The van der Waals surface area contributed by atoms with E-state index in [2.05, 4.69) is 26.5 Å². The Morgan fingerprint density at radius 1 is 0.975 bits per heavy atom. The number of carbonyl (C=O) groups is 1. The van der Waals surface area contributed by atoms with Crippen LogP contribution in [0, 0.1) is 6.92 Å². The monoisotopic (exact) mass is 582 g/mol. The van der Waals surface area contributed by atoms with E-state index in [4.69, 9.17) is 9.47 Å². The summed E-state index contributed by atoms with van der Waals surface area (Å²) in [5.41, 5.74) is 4.01. The number of benzene rings is 2. The van der Waals surface area contributed by atoms with Gasteiger partial charge in [-0.3, -0.25) is 9.20 Å². The molecule has 13 heteroatoms.